The third-order valence-electron chi connectivity index (χ3n) is 3.87. The lowest BCUT2D eigenvalue weighted by molar-refractivity contribution is -0.133. The van der Waals surface area contributed by atoms with E-state index in [0.717, 1.165) is 16.7 Å². The average molecular weight is 365 g/mol. The van der Waals surface area contributed by atoms with Crippen LogP contribution in [0.1, 0.15) is 30.2 Å². The van der Waals surface area contributed by atoms with Gasteiger partial charge in [0.25, 0.3) is 11.5 Å². The smallest absolute Gasteiger partial charge is 0.253 e. The van der Waals surface area contributed by atoms with Gasteiger partial charge in [-0.05, 0) is 44.2 Å². The summed E-state index contributed by atoms with van der Waals surface area (Å²) >= 11 is 5.94. The van der Waals surface area contributed by atoms with Crippen molar-refractivity contribution in [3.63, 3.8) is 0 Å². The van der Waals surface area contributed by atoms with Gasteiger partial charge < -0.3 is 4.90 Å². The molecule has 0 unspecified atom stereocenters. The predicted octanol–water partition coefficient (Wildman–Crippen LogP) is 2.93. The predicted molar refractivity (Wildman–Crippen MR) is 93.4 cm³/mol. The van der Waals surface area contributed by atoms with Gasteiger partial charge in [-0.15, -0.1) is 0 Å². The minimum Gasteiger partial charge on any atom is -0.341 e. The summed E-state index contributed by atoms with van der Waals surface area (Å²) in [6.07, 6.45) is 1.26. The lowest BCUT2D eigenvalue weighted by atomic mass is 10.0. The number of pyridine rings is 1. The van der Waals surface area contributed by atoms with Crippen LogP contribution in [0.3, 0.4) is 0 Å². The first-order chi connectivity index (χ1) is 11.9. The molecule has 1 amide bonds. The molecule has 7 heteroatoms. The number of ketones is 1. The van der Waals surface area contributed by atoms with Crippen LogP contribution < -0.4 is 5.56 Å². The second kappa shape index (κ2) is 8.07. The quantitative estimate of drug-likeness (QED) is 0.585. The van der Waals surface area contributed by atoms with Crippen molar-refractivity contribution in [3.05, 3.63) is 69.4 Å². The van der Waals surface area contributed by atoms with Gasteiger partial charge in [0.2, 0.25) is 0 Å². The third kappa shape index (κ3) is 4.14. The van der Waals surface area contributed by atoms with E-state index < -0.39 is 29.1 Å². The number of carbonyl (C=O) groups is 2. The number of amides is 1. The maximum absolute atomic E-state index is 13.1. The average Bonchev–Trinajstić information content (AvgIpc) is 2.60. The number of aromatic nitrogens is 1. The van der Waals surface area contributed by atoms with Crippen molar-refractivity contribution in [1.82, 2.24) is 9.47 Å². The van der Waals surface area contributed by atoms with E-state index in [-0.39, 0.29) is 10.6 Å². The molecule has 0 saturated heterocycles. The molecule has 1 atom stereocenters. The number of hydrogen-bond donors (Lipinski definition) is 0. The van der Waals surface area contributed by atoms with Gasteiger partial charge in [-0.1, -0.05) is 11.6 Å². The zero-order chi connectivity index (χ0) is 18.6. The van der Waals surface area contributed by atoms with Crippen molar-refractivity contribution in [2.75, 3.05) is 13.1 Å². The number of Topliss-reactive ketones (excluding diaryl/α,β-unsaturated/α-hetero) is 1. The molecule has 0 aliphatic rings. The van der Waals surface area contributed by atoms with Crippen molar-refractivity contribution in [2.24, 2.45) is 0 Å². The molecule has 132 valence electrons. The SMILES string of the molecule is CCN(CC)C(=O)[C@H](C(=O)c1ccc(F)cc1)n1cc(Cl)ccc1=O. The van der Waals surface area contributed by atoms with E-state index in [1.165, 1.54) is 35.4 Å². The van der Waals surface area contributed by atoms with Crippen molar-refractivity contribution in [1.29, 1.82) is 0 Å². The molecule has 1 heterocycles. The maximum Gasteiger partial charge on any atom is 0.253 e. The Morgan fingerprint density at radius 1 is 1.12 bits per heavy atom. The van der Waals surface area contributed by atoms with Crippen LogP contribution in [0.15, 0.2) is 47.4 Å². The Bertz CT molecular complexity index is 829. The summed E-state index contributed by atoms with van der Waals surface area (Å²) in [5, 5.41) is 0.226. The number of halogens is 2. The first kappa shape index (κ1) is 18.9. The molecule has 5 nitrogen and oxygen atoms in total. The summed E-state index contributed by atoms with van der Waals surface area (Å²) in [4.78, 5) is 39.5. The van der Waals surface area contributed by atoms with Crippen LogP contribution in [0.5, 0.6) is 0 Å². The number of hydrogen-bond acceptors (Lipinski definition) is 3. The lowest BCUT2D eigenvalue weighted by Gasteiger charge is -2.25. The van der Waals surface area contributed by atoms with Crippen LogP contribution in [0, 0.1) is 5.82 Å². The Balaban J connectivity index is 2.57. The maximum atomic E-state index is 13.1. The fraction of sp³-hybridized carbons (Fsp3) is 0.278. The highest BCUT2D eigenvalue weighted by Crippen LogP contribution is 2.19. The fourth-order valence-corrected chi connectivity index (χ4v) is 2.68. The summed E-state index contributed by atoms with van der Waals surface area (Å²) in [5.41, 5.74) is -0.385. The molecule has 0 aliphatic carbocycles. The molecule has 0 aliphatic heterocycles. The van der Waals surface area contributed by atoms with E-state index in [1.807, 2.05) is 0 Å². The molecule has 2 rings (SSSR count). The summed E-state index contributed by atoms with van der Waals surface area (Å²) in [5.74, 6) is -1.60. The van der Waals surface area contributed by atoms with Crippen molar-refractivity contribution < 1.29 is 14.0 Å². The van der Waals surface area contributed by atoms with Crippen LogP contribution in [0.2, 0.25) is 5.02 Å². The molecule has 0 radical (unpaired) electrons. The Labute approximate surface area is 149 Å². The molecule has 0 spiro atoms. The topological polar surface area (TPSA) is 59.4 Å². The van der Waals surface area contributed by atoms with E-state index in [9.17, 15) is 18.8 Å². The monoisotopic (exact) mass is 364 g/mol. The molecule has 1 aromatic carbocycles. The Morgan fingerprint density at radius 3 is 2.28 bits per heavy atom. The first-order valence-corrected chi connectivity index (χ1v) is 8.23. The number of likely N-dealkylation sites (N-methyl/N-ethyl adjacent to an activating group) is 1. The largest absolute Gasteiger partial charge is 0.341 e. The number of carbonyl (C=O) groups excluding carboxylic acids is 2. The van der Waals surface area contributed by atoms with Gasteiger partial charge in [-0.3, -0.25) is 19.0 Å². The highest BCUT2D eigenvalue weighted by molar-refractivity contribution is 6.30. The number of rotatable bonds is 6. The van der Waals surface area contributed by atoms with Gasteiger partial charge in [-0.2, -0.15) is 0 Å². The second-order valence-electron chi connectivity index (χ2n) is 5.38. The van der Waals surface area contributed by atoms with Gasteiger partial charge in [0, 0.05) is 30.9 Å². The minimum atomic E-state index is -1.39. The fourth-order valence-electron chi connectivity index (χ4n) is 2.52. The van der Waals surface area contributed by atoms with Crippen LogP contribution >= 0.6 is 11.6 Å². The Kier molecular flexibility index (Phi) is 6.09. The van der Waals surface area contributed by atoms with Gasteiger partial charge in [0.15, 0.2) is 11.8 Å². The van der Waals surface area contributed by atoms with Crippen molar-refractivity contribution >= 4 is 23.3 Å². The molecular formula is C18H18ClFN2O3. The summed E-state index contributed by atoms with van der Waals surface area (Å²) < 4.78 is 14.2. The molecule has 0 bridgehead atoms. The molecule has 2 aromatic rings. The van der Waals surface area contributed by atoms with Crippen LogP contribution in [-0.2, 0) is 4.79 Å². The van der Waals surface area contributed by atoms with Gasteiger partial charge >= 0.3 is 0 Å². The minimum absolute atomic E-state index is 0.138. The molecule has 0 fully saturated rings. The molecule has 0 saturated carbocycles. The Hall–Kier alpha value is -2.47. The van der Waals surface area contributed by atoms with E-state index in [1.54, 1.807) is 13.8 Å². The van der Waals surface area contributed by atoms with Crippen LogP contribution in [-0.4, -0.2) is 34.2 Å². The summed E-state index contributed by atoms with van der Waals surface area (Å²) in [7, 11) is 0. The summed E-state index contributed by atoms with van der Waals surface area (Å²) in [6, 6.07) is 6.03. The second-order valence-corrected chi connectivity index (χ2v) is 5.81. The summed E-state index contributed by atoms with van der Waals surface area (Å²) in [6.45, 7) is 4.33. The number of benzene rings is 1. The van der Waals surface area contributed by atoms with E-state index in [2.05, 4.69) is 0 Å². The van der Waals surface area contributed by atoms with E-state index >= 15 is 0 Å². The van der Waals surface area contributed by atoms with Crippen LogP contribution in [0.4, 0.5) is 4.39 Å². The normalized spacial score (nSPS) is 11.8. The Morgan fingerprint density at radius 2 is 1.72 bits per heavy atom. The van der Waals surface area contributed by atoms with E-state index in [4.69, 9.17) is 11.6 Å². The molecule has 1 aromatic heterocycles. The van der Waals surface area contributed by atoms with E-state index in [0.29, 0.717) is 13.1 Å². The zero-order valence-electron chi connectivity index (χ0n) is 13.9. The highest BCUT2D eigenvalue weighted by atomic mass is 35.5. The van der Waals surface area contributed by atoms with Crippen LogP contribution in [0.25, 0.3) is 0 Å². The highest BCUT2D eigenvalue weighted by Gasteiger charge is 2.32. The molecule has 0 N–H and O–H groups in total. The van der Waals surface area contributed by atoms with Gasteiger partial charge in [-0.25, -0.2) is 4.39 Å². The van der Waals surface area contributed by atoms with Crippen molar-refractivity contribution in [3.8, 4) is 0 Å². The zero-order valence-corrected chi connectivity index (χ0v) is 14.7. The molecular weight excluding hydrogens is 347 g/mol. The first-order valence-electron chi connectivity index (χ1n) is 7.85. The standard InChI is InChI=1S/C18H18ClFN2O3/c1-3-21(4-2)18(25)16(22-11-13(19)7-10-15(22)23)17(24)12-5-8-14(20)9-6-12/h5-11,16H,3-4H2,1-2H3/t16-/m0/s1. The van der Waals surface area contributed by atoms with Gasteiger partial charge in [0.05, 0.1) is 5.02 Å². The molecule has 25 heavy (non-hydrogen) atoms. The lowest BCUT2D eigenvalue weighted by Crippen LogP contribution is -2.43. The van der Waals surface area contributed by atoms with Gasteiger partial charge in [0.1, 0.15) is 5.82 Å². The number of nitrogens with zero attached hydrogens (tertiary/aromatic N) is 2. The third-order valence-corrected chi connectivity index (χ3v) is 4.09. The van der Waals surface area contributed by atoms with Crippen molar-refractivity contribution in [2.45, 2.75) is 19.9 Å².